The molecule has 0 aromatic heterocycles. The average Bonchev–Trinajstić information content (AvgIpc) is 2.37. The van der Waals surface area contributed by atoms with Crippen molar-refractivity contribution in [2.45, 2.75) is 0 Å². The van der Waals surface area contributed by atoms with Gasteiger partial charge in [-0.15, -0.1) is 0 Å². The number of nitrogens with one attached hydrogen (secondary N) is 3. The highest BCUT2D eigenvalue weighted by Gasteiger charge is 2.13. The zero-order valence-electron chi connectivity index (χ0n) is 10.8. The Bertz CT molecular complexity index is 703. The van der Waals surface area contributed by atoms with Crippen LogP contribution in [0.2, 0.25) is 0 Å². The molecule has 0 bridgehead atoms. The number of halogens is 2. The molecule has 5 nitrogen and oxygen atoms in total. The Morgan fingerprint density at radius 2 is 1.81 bits per heavy atom. The second-order valence-corrected chi connectivity index (χ2v) is 4.17. The summed E-state index contributed by atoms with van der Waals surface area (Å²) in [7, 11) is 0. The van der Waals surface area contributed by atoms with E-state index in [1.807, 2.05) is 0 Å². The van der Waals surface area contributed by atoms with Crippen LogP contribution in [0.4, 0.5) is 25.0 Å². The van der Waals surface area contributed by atoms with Gasteiger partial charge in [0.1, 0.15) is 17.5 Å². The summed E-state index contributed by atoms with van der Waals surface area (Å²) in [5.41, 5.74) is 5.38. The number of anilines is 2. The number of hydrogen-bond acceptors (Lipinski definition) is 2. The van der Waals surface area contributed by atoms with Crippen molar-refractivity contribution in [2.75, 3.05) is 10.6 Å². The highest BCUT2D eigenvalue weighted by Crippen LogP contribution is 2.19. The minimum Gasteiger partial charge on any atom is -0.384 e. The van der Waals surface area contributed by atoms with E-state index < -0.39 is 23.5 Å². The Balaban J connectivity index is 2.17. The molecule has 0 aliphatic heterocycles. The predicted octanol–water partition coefficient (Wildman–Crippen LogP) is 2.89. The Labute approximate surface area is 119 Å². The van der Waals surface area contributed by atoms with Crippen LogP contribution in [0.3, 0.4) is 0 Å². The number of carbonyl (C=O) groups is 1. The van der Waals surface area contributed by atoms with Gasteiger partial charge in [0.2, 0.25) is 0 Å². The topological polar surface area (TPSA) is 91.0 Å². The third-order valence-electron chi connectivity index (χ3n) is 2.61. The fourth-order valence-electron chi connectivity index (χ4n) is 1.75. The summed E-state index contributed by atoms with van der Waals surface area (Å²) in [4.78, 5) is 11.8. The van der Waals surface area contributed by atoms with E-state index in [1.54, 1.807) is 0 Å². The van der Waals surface area contributed by atoms with Gasteiger partial charge in [-0.3, -0.25) is 5.41 Å². The minimum atomic E-state index is -0.717. The predicted molar refractivity (Wildman–Crippen MR) is 76.5 cm³/mol. The van der Waals surface area contributed by atoms with Crippen LogP contribution >= 0.6 is 0 Å². The van der Waals surface area contributed by atoms with Gasteiger partial charge < -0.3 is 16.4 Å². The van der Waals surface area contributed by atoms with E-state index in [0.29, 0.717) is 0 Å². The van der Waals surface area contributed by atoms with Crippen molar-refractivity contribution in [1.82, 2.24) is 0 Å². The van der Waals surface area contributed by atoms with Gasteiger partial charge in [-0.2, -0.15) is 0 Å². The summed E-state index contributed by atoms with van der Waals surface area (Å²) >= 11 is 0. The molecule has 2 amide bonds. The number of nitrogen functional groups attached to an aromatic ring is 1. The van der Waals surface area contributed by atoms with Crippen molar-refractivity contribution in [3.63, 3.8) is 0 Å². The lowest BCUT2D eigenvalue weighted by molar-refractivity contribution is 0.262. The van der Waals surface area contributed by atoms with Crippen LogP contribution in [-0.2, 0) is 0 Å². The molecule has 2 aromatic carbocycles. The van der Waals surface area contributed by atoms with Gasteiger partial charge in [-0.1, -0.05) is 12.1 Å². The van der Waals surface area contributed by atoms with Crippen molar-refractivity contribution in [1.29, 1.82) is 5.41 Å². The Morgan fingerprint density at radius 1 is 1.10 bits per heavy atom. The number of benzene rings is 2. The zero-order valence-corrected chi connectivity index (χ0v) is 10.8. The lowest BCUT2D eigenvalue weighted by atomic mass is 10.1. The molecule has 0 radical (unpaired) electrons. The number of amidine groups is 1. The smallest absolute Gasteiger partial charge is 0.323 e. The average molecular weight is 290 g/mol. The molecule has 2 aromatic rings. The van der Waals surface area contributed by atoms with E-state index in [1.165, 1.54) is 30.3 Å². The van der Waals surface area contributed by atoms with E-state index in [2.05, 4.69) is 10.6 Å². The molecule has 0 saturated heterocycles. The number of hydrogen-bond donors (Lipinski definition) is 4. The van der Waals surface area contributed by atoms with Gasteiger partial charge >= 0.3 is 6.03 Å². The highest BCUT2D eigenvalue weighted by atomic mass is 19.1. The van der Waals surface area contributed by atoms with Crippen molar-refractivity contribution in [3.05, 3.63) is 59.7 Å². The third-order valence-corrected chi connectivity index (χ3v) is 2.61. The number of urea groups is 1. The summed E-state index contributed by atoms with van der Waals surface area (Å²) < 4.78 is 26.6. The maximum atomic E-state index is 13.6. The van der Waals surface area contributed by atoms with Crippen molar-refractivity contribution >= 4 is 23.2 Å². The molecule has 0 aliphatic carbocycles. The van der Waals surface area contributed by atoms with Gasteiger partial charge in [0.05, 0.1) is 11.3 Å². The monoisotopic (exact) mass is 290 g/mol. The van der Waals surface area contributed by atoms with E-state index in [0.717, 1.165) is 12.1 Å². The molecule has 7 heteroatoms. The van der Waals surface area contributed by atoms with Crippen molar-refractivity contribution < 1.29 is 13.6 Å². The quantitative estimate of drug-likeness (QED) is 0.517. The van der Waals surface area contributed by atoms with E-state index in [-0.39, 0.29) is 16.9 Å². The van der Waals surface area contributed by atoms with E-state index >= 15 is 0 Å². The molecule has 0 atom stereocenters. The van der Waals surface area contributed by atoms with E-state index in [4.69, 9.17) is 11.1 Å². The van der Waals surface area contributed by atoms with E-state index in [9.17, 15) is 13.6 Å². The summed E-state index contributed by atoms with van der Waals surface area (Å²) in [5.74, 6) is -1.72. The molecule has 0 fully saturated rings. The third kappa shape index (κ3) is 3.53. The van der Waals surface area contributed by atoms with Crippen LogP contribution < -0.4 is 16.4 Å². The summed E-state index contributed by atoms with van der Waals surface area (Å²) in [5, 5.41) is 12.1. The molecule has 0 saturated carbocycles. The first-order valence-corrected chi connectivity index (χ1v) is 5.94. The number of rotatable bonds is 3. The standard InChI is InChI=1S/C14H12F2N4O/c15-8-3-1-4-9(7-8)19-14(21)20-11-6-2-5-10(16)12(11)13(17)18/h1-7H,(H3,17,18)(H2,19,20,21). The summed E-state index contributed by atoms with van der Waals surface area (Å²) in [6.45, 7) is 0. The first-order valence-electron chi connectivity index (χ1n) is 5.94. The molecule has 108 valence electrons. The van der Waals surface area contributed by atoms with Crippen molar-refractivity contribution in [2.24, 2.45) is 5.73 Å². The number of amides is 2. The summed E-state index contributed by atoms with van der Waals surface area (Å²) in [6.07, 6.45) is 0. The Kier molecular flexibility index (Phi) is 4.13. The molecule has 2 rings (SSSR count). The molecule has 5 N–H and O–H groups in total. The van der Waals surface area contributed by atoms with Gasteiger partial charge in [-0.05, 0) is 30.3 Å². The van der Waals surface area contributed by atoms with Gasteiger partial charge in [0.15, 0.2) is 0 Å². The molecular formula is C14H12F2N4O. The van der Waals surface area contributed by atoms with Crippen molar-refractivity contribution in [3.8, 4) is 0 Å². The van der Waals surface area contributed by atoms with Crippen LogP contribution in [0.15, 0.2) is 42.5 Å². The van der Waals surface area contributed by atoms with Crippen LogP contribution in [0.25, 0.3) is 0 Å². The maximum Gasteiger partial charge on any atom is 0.323 e. The number of nitrogens with two attached hydrogens (primary N) is 1. The Hall–Kier alpha value is -2.96. The molecule has 0 unspecified atom stereocenters. The largest absolute Gasteiger partial charge is 0.384 e. The minimum absolute atomic E-state index is 0.0522. The lowest BCUT2D eigenvalue weighted by Crippen LogP contribution is -2.23. The van der Waals surface area contributed by atoms with Crippen LogP contribution in [-0.4, -0.2) is 11.9 Å². The molecule has 0 spiro atoms. The van der Waals surface area contributed by atoms with Gasteiger partial charge in [-0.25, -0.2) is 13.6 Å². The first-order chi connectivity index (χ1) is 9.97. The molecule has 0 aliphatic rings. The Morgan fingerprint density at radius 3 is 2.48 bits per heavy atom. The lowest BCUT2D eigenvalue weighted by Gasteiger charge is -2.11. The fourth-order valence-corrected chi connectivity index (χ4v) is 1.75. The van der Waals surface area contributed by atoms with Crippen LogP contribution in [0, 0.1) is 17.0 Å². The molecule has 0 heterocycles. The maximum absolute atomic E-state index is 13.6. The fraction of sp³-hybridized carbons (Fsp3) is 0. The SMILES string of the molecule is N=C(N)c1c(F)cccc1NC(=O)Nc1cccc(F)c1. The van der Waals surface area contributed by atoms with Gasteiger partial charge in [0, 0.05) is 5.69 Å². The highest BCUT2D eigenvalue weighted by molar-refractivity contribution is 6.07. The zero-order chi connectivity index (χ0) is 15.4. The summed E-state index contributed by atoms with van der Waals surface area (Å²) in [6, 6.07) is 8.53. The molecular weight excluding hydrogens is 278 g/mol. The van der Waals surface area contributed by atoms with Crippen LogP contribution in [0.5, 0.6) is 0 Å². The second kappa shape index (κ2) is 6.00. The molecule has 21 heavy (non-hydrogen) atoms. The normalized spacial score (nSPS) is 10.0. The second-order valence-electron chi connectivity index (χ2n) is 4.17. The number of carbonyl (C=O) groups excluding carboxylic acids is 1. The van der Waals surface area contributed by atoms with Crippen LogP contribution in [0.1, 0.15) is 5.56 Å². The first kappa shape index (κ1) is 14.4. The van der Waals surface area contributed by atoms with Gasteiger partial charge in [0.25, 0.3) is 0 Å².